The van der Waals surface area contributed by atoms with Crippen molar-refractivity contribution in [2.75, 3.05) is 18.1 Å². The minimum Gasteiger partial charge on any atom is -0.486 e. The molecule has 0 bridgehead atoms. The number of nitrogens with zero attached hydrogens (tertiary/aromatic N) is 1. The number of anilines is 1. The Hall–Kier alpha value is -2.89. The van der Waals surface area contributed by atoms with E-state index < -0.39 is 17.5 Å². The van der Waals surface area contributed by atoms with Crippen molar-refractivity contribution in [1.29, 1.82) is 0 Å². The van der Waals surface area contributed by atoms with E-state index >= 15 is 0 Å². The van der Waals surface area contributed by atoms with Crippen LogP contribution < -0.4 is 14.4 Å². The van der Waals surface area contributed by atoms with Gasteiger partial charge in [-0.3, -0.25) is 4.79 Å². The monoisotopic (exact) mass is 331 g/mol. The summed E-state index contributed by atoms with van der Waals surface area (Å²) in [6.07, 6.45) is 1.09. The van der Waals surface area contributed by atoms with Gasteiger partial charge in [0.1, 0.15) is 24.8 Å². The van der Waals surface area contributed by atoms with Crippen molar-refractivity contribution in [2.24, 2.45) is 0 Å². The van der Waals surface area contributed by atoms with Gasteiger partial charge in [0, 0.05) is 5.56 Å². The minimum atomic E-state index is -0.723. The summed E-state index contributed by atoms with van der Waals surface area (Å²) in [4.78, 5) is 13.5. The van der Waals surface area contributed by atoms with Gasteiger partial charge >= 0.3 is 0 Å². The first kappa shape index (κ1) is 16.0. The third-order valence-electron chi connectivity index (χ3n) is 3.65. The molecule has 6 heteroatoms. The molecule has 0 saturated heterocycles. The molecule has 1 aliphatic rings. The number of ether oxygens (including phenoxy) is 2. The predicted molar refractivity (Wildman–Crippen MR) is 85.2 cm³/mol. The summed E-state index contributed by atoms with van der Waals surface area (Å²) in [5.41, 5.74) is 0.168. The number of hydrogen-bond donors (Lipinski definition) is 0. The fourth-order valence-corrected chi connectivity index (χ4v) is 2.50. The summed E-state index contributed by atoms with van der Waals surface area (Å²) >= 11 is 0. The normalized spacial score (nSPS) is 12.6. The lowest BCUT2D eigenvalue weighted by molar-refractivity contribution is -0.114. The van der Waals surface area contributed by atoms with Gasteiger partial charge in [0.2, 0.25) is 0 Å². The van der Waals surface area contributed by atoms with Crippen LogP contribution in [0.4, 0.5) is 14.5 Å². The standard InChI is InChI=1S/C18H15F2NO3/c1-2-17(22)21(11-12-13(19)5-3-6-14(12)20)15-7-4-8-16-18(15)24-10-9-23-16/h2-8H,1,9-11H2. The zero-order chi connectivity index (χ0) is 17.1. The van der Waals surface area contributed by atoms with Crippen LogP contribution in [0.1, 0.15) is 5.56 Å². The zero-order valence-electron chi connectivity index (χ0n) is 12.8. The molecule has 0 aromatic heterocycles. The van der Waals surface area contributed by atoms with Gasteiger partial charge in [-0.2, -0.15) is 0 Å². The van der Waals surface area contributed by atoms with Crippen LogP contribution in [0.25, 0.3) is 0 Å². The Labute approximate surface area is 137 Å². The van der Waals surface area contributed by atoms with Crippen molar-refractivity contribution in [3.05, 3.63) is 66.3 Å². The third kappa shape index (κ3) is 2.95. The first-order valence-corrected chi connectivity index (χ1v) is 7.37. The van der Waals surface area contributed by atoms with Crippen molar-refractivity contribution < 1.29 is 23.0 Å². The number of para-hydroxylation sites is 1. The molecular formula is C18H15F2NO3. The molecule has 0 spiro atoms. The van der Waals surface area contributed by atoms with E-state index in [9.17, 15) is 13.6 Å². The lowest BCUT2D eigenvalue weighted by Gasteiger charge is -2.27. The van der Waals surface area contributed by atoms with Crippen LogP contribution in [0.5, 0.6) is 11.5 Å². The van der Waals surface area contributed by atoms with Crippen LogP contribution in [0.2, 0.25) is 0 Å². The van der Waals surface area contributed by atoms with Gasteiger partial charge in [-0.15, -0.1) is 0 Å². The smallest absolute Gasteiger partial charge is 0.250 e. The summed E-state index contributed by atoms with van der Waals surface area (Å²) in [6.45, 7) is 3.89. The van der Waals surface area contributed by atoms with E-state index in [1.165, 1.54) is 11.0 Å². The molecular weight excluding hydrogens is 316 g/mol. The summed E-state index contributed by atoms with van der Waals surface area (Å²) in [6, 6.07) is 8.59. The molecule has 4 nitrogen and oxygen atoms in total. The number of fused-ring (bicyclic) bond motifs is 1. The molecule has 124 valence electrons. The van der Waals surface area contributed by atoms with Gasteiger partial charge < -0.3 is 14.4 Å². The number of carbonyl (C=O) groups excluding carboxylic acids is 1. The van der Waals surface area contributed by atoms with Crippen molar-refractivity contribution in [1.82, 2.24) is 0 Å². The number of benzene rings is 2. The van der Waals surface area contributed by atoms with Gasteiger partial charge in [-0.05, 0) is 30.3 Å². The number of rotatable bonds is 4. The summed E-state index contributed by atoms with van der Waals surface area (Å²) in [5.74, 6) is -1.09. The SMILES string of the molecule is C=CC(=O)N(Cc1c(F)cccc1F)c1cccc2c1OCCO2. The summed E-state index contributed by atoms with van der Waals surface area (Å²) in [7, 11) is 0. The van der Waals surface area contributed by atoms with E-state index in [4.69, 9.17) is 9.47 Å². The maximum Gasteiger partial charge on any atom is 0.250 e. The average Bonchev–Trinajstić information content (AvgIpc) is 2.61. The molecule has 0 saturated carbocycles. The van der Waals surface area contributed by atoms with Crippen molar-refractivity contribution >= 4 is 11.6 Å². The Kier molecular flexibility index (Phi) is 4.46. The highest BCUT2D eigenvalue weighted by molar-refractivity contribution is 6.02. The molecule has 24 heavy (non-hydrogen) atoms. The van der Waals surface area contributed by atoms with Gasteiger partial charge in [0.05, 0.1) is 12.2 Å². The van der Waals surface area contributed by atoms with Crippen LogP contribution in [-0.4, -0.2) is 19.1 Å². The zero-order valence-corrected chi connectivity index (χ0v) is 12.8. The first-order valence-electron chi connectivity index (χ1n) is 7.37. The fraction of sp³-hybridized carbons (Fsp3) is 0.167. The van der Waals surface area contributed by atoms with Crippen LogP contribution in [0.15, 0.2) is 49.1 Å². The number of hydrogen-bond acceptors (Lipinski definition) is 3. The van der Waals surface area contributed by atoms with E-state index in [1.807, 2.05) is 0 Å². The maximum atomic E-state index is 14.0. The lowest BCUT2D eigenvalue weighted by atomic mass is 10.1. The Morgan fingerprint density at radius 3 is 2.50 bits per heavy atom. The molecule has 2 aromatic carbocycles. The maximum absolute atomic E-state index is 14.0. The van der Waals surface area contributed by atoms with Crippen LogP contribution in [0.3, 0.4) is 0 Å². The van der Waals surface area contributed by atoms with E-state index in [0.29, 0.717) is 30.4 Å². The van der Waals surface area contributed by atoms with E-state index in [1.54, 1.807) is 18.2 Å². The fourth-order valence-electron chi connectivity index (χ4n) is 2.50. The molecule has 3 rings (SSSR count). The molecule has 0 unspecified atom stereocenters. The number of amides is 1. The summed E-state index contributed by atoms with van der Waals surface area (Å²) < 4.78 is 39.0. The molecule has 1 aliphatic heterocycles. The Bertz CT molecular complexity index is 772. The van der Waals surface area contributed by atoms with E-state index in [-0.39, 0.29) is 12.1 Å². The molecule has 0 atom stereocenters. The molecule has 1 amide bonds. The third-order valence-corrected chi connectivity index (χ3v) is 3.65. The van der Waals surface area contributed by atoms with E-state index in [2.05, 4.69) is 6.58 Å². The Morgan fingerprint density at radius 1 is 1.12 bits per heavy atom. The highest BCUT2D eigenvalue weighted by atomic mass is 19.1. The lowest BCUT2D eigenvalue weighted by Crippen LogP contribution is -2.31. The predicted octanol–water partition coefficient (Wildman–Crippen LogP) is 3.46. The molecule has 1 heterocycles. The van der Waals surface area contributed by atoms with Crippen LogP contribution >= 0.6 is 0 Å². The molecule has 0 N–H and O–H groups in total. The van der Waals surface area contributed by atoms with E-state index in [0.717, 1.165) is 18.2 Å². The first-order chi connectivity index (χ1) is 11.6. The molecule has 0 fully saturated rings. The van der Waals surface area contributed by atoms with Crippen LogP contribution in [-0.2, 0) is 11.3 Å². The topological polar surface area (TPSA) is 38.8 Å². The Balaban J connectivity index is 2.05. The minimum absolute atomic E-state index is 0.206. The largest absolute Gasteiger partial charge is 0.486 e. The summed E-state index contributed by atoms with van der Waals surface area (Å²) in [5, 5.41) is 0. The molecule has 2 aromatic rings. The van der Waals surface area contributed by atoms with Gasteiger partial charge in [-0.25, -0.2) is 8.78 Å². The van der Waals surface area contributed by atoms with Gasteiger partial charge in [-0.1, -0.05) is 18.7 Å². The van der Waals surface area contributed by atoms with Crippen molar-refractivity contribution in [3.8, 4) is 11.5 Å². The highest BCUT2D eigenvalue weighted by Gasteiger charge is 2.25. The molecule has 0 radical (unpaired) electrons. The van der Waals surface area contributed by atoms with Crippen molar-refractivity contribution in [2.45, 2.75) is 6.54 Å². The quantitative estimate of drug-likeness (QED) is 0.806. The number of halogens is 2. The number of carbonyl (C=O) groups is 1. The van der Waals surface area contributed by atoms with Crippen LogP contribution in [0, 0.1) is 11.6 Å². The highest BCUT2D eigenvalue weighted by Crippen LogP contribution is 2.40. The second-order valence-corrected chi connectivity index (χ2v) is 5.13. The van der Waals surface area contributed by atoms with Gasteiger partial charge in [0.25, 0.3) is 5.91 Å². The second-order valence-electron chi connectivity index (χ2n) is 5.13. The average molecular weight is 331 g/mol. The van der Waals surface area contributed by atoms with Gasteiger partial charge in [0.15, 0.2) is 11.5 Å². The Morgan fingerprint density at radius 2 is 1.79 bits per heavy atom. The molecule has 0 aliphatic carbocycles. The second kappa shape index (κ2) is 6.70. The van der Waals surface area contributed by atoms with Crippen molar-refractivity contribution in [3.63, 3.8) is 0 Å².